The van der Waals surface area contributed by atoms with Gasteiger partial charge in [0.2, 0.25) is 0 Å². The molecule has 0 saturated carbocycles. The highest BCUT2D eigenvalue weighted by atomic mass is 79.9. The Kier molecular flexibility index (Phi) is 4.47. The van der Waals surface area contributed by atoms with Crippen LogP contribution in [0.3, 0.4) is 0 Å². The van der Waals surface area contributed by atoms with E-state index in [2.05, 4.69) is 20.7 Å². The molecule has 0 aliphatic heterocycles. The second kappa shape index (κ2) is 5.95. The number of hydrogen-bond donors (Lipinski definition) is 2. The van der Waals surface area contributed by atoms with Crippen molar-refractivity contribution >= 4 is 31.6 Å². The maximum atomic E-state index is 12.3. The van der Waals surface area contributed by atoms with Gasteiger partial charge in [0.15, 0.2) is 0 Å². The van der Waals surface area contributed by atoms with Crippen molar-refractivity contribution in [2.75, 3.05) is 4.72 Å². The average molecular weight is 355 g/mol. The third-order valence-corrected chi connectivity index (χ3v) is 5.34. The summed E-state index contributed by atoms with van der Waals surface area (Å²) in [6.45, 7) is 2.29. The van der Waals surface area contributed by atoms with Crippen LogP contribution in [-0.4, -0.2) is 8.42 Å². The smallest absolute Gasteiger partial charge is 0.261 e. The quantitative estimate of drug-likeness (QED) is 0.886. The Hall–Kier alpha value is -1.37. The molecule has 0 bridgehead atoms. The maximum absolute atomic E-state index is 12.3. The minimum atomic E-state index is -3.60. The molecule has 0 aliphatic carbocycles. The summed E-state index contributed by atoms with van der Waals surface area (Å²) in [4.78, 5) is 0.211. The van der Waals surface area contributed by atoms with Gasteiger partial charge in [-0.1, -0.05) is 24.3 Å². The second-order valence-electron chi connectivity index (χ2n) is 4.39. The first-order valence-electron chi connectivity index (χ1n) is 6.01. The van der Waals surface area contributed by atoms with Gasteiger partial charge in [-0.25, -0.2) is 8.42 Å². The molecule has 0 heterocycles. The van der Waals surface area contributed by atoms with Crippen LogP contribution >= 0.6 is 15.9 Å². The van der Waals surface area contributed by atoms with Gasteiger partial charge in [0.1, 0.15) is 0 Å². The van der Waals surface area contributed by atoms with Gasteiger partial charge < -0.3 is 5.73 Å². The Morgan fingerprint density at radius 2 is 1.80 bits per heavy atom. The molecular formula is C14H15BrN2O2S. The molecule has 4 nitrogen and oxygen atoms in total. The van der Waals surface area contributed by atoms with E-state index < -0.39 is 10.0 Å². The molecular weight excluding hydrogens is 340 g/mol. The summed E-state index contributed by atoms with van der Waals surface area (Å²) in [6, 6.07) is 11.9. The molecule has 0 aromatic heterocycles. The van der Waals surface area contributed by atoms with E-state index in [0.29, 0.717) is 12.2 Å². The van der Waals surface area contributed by atoms with Gasteiger partial charge in [-0.05, 0) is 52.2 Å². The van der Waals surface area contributed by atoms with E-state index in [4.69, 9.17) is 5.73 Å². The van der Waals surface area contributed by atoms with Crippen LogP contribution in [0, 0.1) is 6.92 Å². The highest BCUT2D eigenvalue weighted by molar-refractivity contribution is 9.10. The lowest BCUT2D eigenvalue weighted by Crippen LogP contribution is -2.13. The third-order valence-electron chi connectivity index (χ3n) is 2.91. The molecule has 6 heteroatoms. The zero-order chi connectivity index (χ0) is 14.8. The number of anilines is 1. The van der Waals surface area contributed by atoms with Gasteiger partial charge in [-0.3, -0.25) is 4.72 Å². The number of nitrogens with one attached hydrogen (secondary N) is 1. The Balaban J connectivity index is 2.33. The molecule has 0 fully saturated rings. The molecule has 3 N–H and O–H groups in total. The summed E-state index contributed by atoms with van der Waals surface area (Å²) in [5.41, 5.74) is 7.87. The maximum Gasteiger partial charge on any atom is 0.261 e. The molecule has 0 unspecified atom stereocenters. The van der Waals surface area contributed by atoms with E-state index in [0.717, 1.165) is 15.6 Å². The number of aryl methyl sites for hydroxylation is 1. The molecule has 2 aromatic rings. The molecule has 2 aromatic carbocycles. The zero-order valence-electron chi connectivity index (χ0n) is 10.9. The van der Waals surface area contributed by atoms with Crippen molar-refractivity contribution in [1.29, 1.82) is 0 Å². The summed E-state index contributed by atoms with van der Waals surface area (Å²) in [5.74, 6) is 0. The summed E-state index contributed by atoms with van der Waals surface area (Å²) in [6.07, 6.45) is 0. The first kappa shape index (κ1) is 15.0. The molecule has 20 heavy (non-hydrogen) atoms. The largest absolute Gasteiger partial charge is 0.326 e. The van der Waals surface area contributed by atoms with Crippen LogP contribution in [0.25, 0.3) is 0 Å². The molecule has 0 saturated heterocycles. The van der Waals surface area contributed by atoms with Crippen LogP contribution in [0.4, 0.5) is 5.69 Å². The van der Waals surface area contributed by atoms with Crippen molar-refractivity contribution in [2.24, 2.45) is 5.73 Å². The Morgan fingerprint density at radius 3 is 2.40 bits per heavy atom. The van der Waals surface area contributed by atoms with Crippen LogP contribution in [0.5, 0.6) is 0 Å². The van der Waals surface area contributed by atoms with Crippen molar-refractivity contribution in [2.45, 2.75) is 18.4 Å². The van der Waals surface area contributed by atoms with Crippen molar-refractivity contribution < 1.29 is 8.42 Å². The van der Waals surface area contributed by atoms with E-state index in [1.54, 1.807) is 36.4 Å². The summed E-state index contributed by atoms with van der Waals surface area (Å²) >= 11 is 3.38. The summed E-state index contributed by atoms with van der Waals surface area (Å²) in [7, 11) is -3.60. The molecule has 0 aliphatic rings. The minimum Gasteiger partial charge on any atom is -0.326 e. The number of hydrogen-bond acceptors (Lipinski definition) is 3. The van der Waals surface area contributed by atoms with Gasteiger partial charge in [0.25, 0.3) is 10.0 Å². The number of halogens is 1. The van der Waals surface area contributed by atoms with Crippen LogP contribution < -0.4 is 10.5 Å². The van der Waals surface area contributed by atoms with Crippen LogP contribution in [0.15, 0.2) is 51.8 Å². The monoisotopic (exact) mass is 354 g/mol. The lowest BCUT2D eigenvalue weighted by atomic mass is 10.2. The fourth-order valence-electron chi connectivity index (χ4n) is 1.73. The third kappa shape index (κ3) is 3.20. The number of nitrogens with two attached hydrogens (primary N) is 1. The van der Waals surface area contributed by atoms with Gasteiger partial charge >= 0.3 is 0 Å². The van der Waals surface area contributed by atoms with E-state index in [1.165, 1.54) is 0 Å². The number of rotatable bonds is 4. The van der Waals surface area contributed by atoms with Crippen LogP contribution in [-0.2, 0) is 16.6 Å². The van der Waals surface area contributed by atoms with E-state index in [9.17, 15) is 8.42 Å². The Labute approximate surface area is 127 Å². The molecule has 0 radical (unpaired) electrons. The van der Waals surface area contributed by atoms with Crippen molar-refractivity contribution in [3.63, 3.8) is 0 Å². The highest BCUT2D eigenvalue weighted by Crippen LogP contribution is 2.27. The normalized spacial score (nSPS) is 11.3. The fraction of sp³-hybridized carbons (Fsp3) is 0.143. The van der Waals surface area contributed by atoms with Crippen LogP contribution in [0.1, 0.15) is 11.1 Å². The molecule has 0 atom stereocenters. The Morgan fingerprint density at radius 1 is 1.15 bits per heavy atom. The van der Waals surface area contributed by atoms with Gasteiger partial charge in [-0.2, -0.15) is 0 Å². The SMILES string of the molecule is Cc1cccc(NS(=O)(=O)c2ccc(CN)cc2)c1Br. The minimum absolute atomic E-state index is 0.211. The number of sulfonamides is 1. The van der Waals surface area contributed by atoms with Crippen LogP contribution in [0.2, 0.25) is 0 Å². The highest BCUT2D eigenvalue weighted by Gasteiger charge is 2.15. The number of benzene rings is 2. The van der Waals surface area contributed by atoms with Crippen molar-refractivity contribution in [1.82, 2.24) is 0 Å². The average Bonchev–Trinajstić information content (AvgIpc) is 2.44. The standard InChI is InChI=1S/C14H15BrN2O2S/c1-10-3-2-4-13(14(10)15)17-20(18,19)12-7-5-11(9-16)6-8-12/h2-8,17H,9,16H2,1H3. The molecule has 106 valence electrons. The van der Waals surface area contributed by atoms with Gasteiger partial charge in [0, 0.05) is 11.0 Å². The predicted octanol–water partition coefficient (Wildman–Crippen LogP) is 3.02. The first-order chi connectivity index (χ1) is 9.44. The summed E-state index contributed by atoms with van der Waals surface area (Å²) in [5, 5.41) is 0. The lowest BCUT2D eigenvalue weighted by Gasteiger charge is -2.11. The van der Waals surface area contributed by atoms with E-state index >= 15 is 0 Å². The van der Waals surface area contributed by atoms with Gasteiger partial charge in [0.05, 0.1) is 10.6 Å². The predicted molar refractivity (Wildman–Crippen MR) is 84.0 cm³/mol. The molecule has 0 amide bonds. The molecule has 0 spiro atoms. The summed E-state index contributed by atoms with van der Waals surface area (Å²) < 4.78 is 27.9. The van der Waals surface area contributed by atoms with Gasteiger partial charge in [-0.15, -0.1) is 0 Å². The fourth-order valence-corrected chi connectivity index (χ4v) is 3.30. The topological polar surface area (TPSA) is 72.2 Å². The molecule has 2 rings (SSSR count). The second-order valence-corrected chi connectivity index (χ2v) is 6.87. The first-order valence-corrected chi connectivity index (χ1v) is 8.28. The Bertz CT molecular complexity index is 712. The van der Waals surface area contributed by atoms with Crippen molar-refractivity contribution in [3.05, 3.63) is 58.1 Å². The lowest BCUT2D eigenvalue weighted by molar-refractivity contribution is 0.601. The van der Waals surface area contributed by atoms with E-state index in [-0.39, 0.29) is 4.90 Å². The zero-order valence-corrected chi connectivity index (χ0v) is 13.3. The van der Waals surface area contributed by atoms with E-state index in [1.807, 2.05) is 13.0 Å². The van der Waals surface area contributed by atoms with Crippen molar-refractivity contribution in [3.8, 4) is 0 Å².